The highest BCUT2D eigenvalue weighted by atomic mass is 32.2. The lowest BCUT2D eigenvalue weighted by Crippen LogP contribution is -2.59. The Hall–Kier alpha value is -1.31. The Morgan fingerprint density at radius 1 is 1.11 bits per heavy atom. The van der Waals surface area contributed by atoms with E-state index in [0.717, 1.165) is 38.6 Å². The number of carbonyl (C=O) groups excluding carboxylic acids is 2. The van der Waals surface area contributed by atoms with E-state index in [9.17, 15) is 18.0 Å². The standard InChI is InChI=1S/C19H35N3O4S/c1-15-9-8-12-22(15)16(23)13-20-17(24)21-19(10-6-5-7-11-19)14-27(25,26)18(2,3)4/h15H,5-14H2,1-4H3,(H2,20,21,24)/t15-/m1/s1. The highest BCUT2D eigenvalue weighted by Crippen LogP contribution is 2.32. The van der Waals surface area contributed by atoms with Gasteiger partial charge in [0, 0.05) is 12.6 Å². The molecule has 8 heteroatoms. The third-order valence-corrected chi connectivity index (χ3v) is 8.66. The molecule has 1 saturated carbocycles. The molecule has 2 aliphatic rings. The van der Waals surface area contributed by atoms with Crippen molar-refractivity contribution in [2.24, 2.45) is 0 Å². The van der Waals surface area contributed by atoms with Crippen LogP contribution in [0.1, 0.15) is 72.6 Å². The summed E-state index contributed by atoms with van der Waals surface area (Å²) in [6, 6.07) is -0.245. The zero-order chi connectivity index (χ0) is 20.3. The van der Waals surface area contributed by atoms with Gasteiger partial charge in [-0.15, -0.1) is 0 Å². The number of urea groups is 1. The van der Waals surface area contributed by atoms with Gasteiger partial charge in [0.25, 0.3) is 0 Å². The van der Waals surface area contributed by atoms with Gasteiger partial charge in [0.1, 0.15) is 0 Å². The molecule has 0 spiro atoms. The zero-order valence-corrected chi connectivity index (χ0v) is 18.0. The molecule has 0 bridgehead atoms. The molecule has 2 fully saturated rings. The molecule has 7 nitrogen and oxygen atoms in total. The summed E-state index contributed by atoms with van der Waals surface area (Å²) >= 11 is 0. The molecule has 2 rings (SSSR count). The maximum Gasteiger partial charge on any atom is 0.315 e. The number of rotatable bonds is 5. The summed E-state index contributed by atoms with van der Waals surface area (Å²) in [5.41, 5.74) is -0.752. The Morgan fingerprint density at radius 3 is 2.26 bits per heavy atom. The molecule has 0 aromatic heterocycles. The van der Waals surface area contributed by atoms with Gasteiger partial charge in [-0.1, -0.05) is 19.3 Å². The highest BCUT2D eigenvalue weighted by Gasteiger charge is 2.42. The van der Waals surface area contributed by atoms with Gasteiger partial charge in [-0.25, -0.2) is 13.2 Å². The monoisotopic (exact) mass is 401 g/mol. The summed E-state index contributed by atoms with van der Waals surface area (Å²) in [5.74, 6) is -0.149. The summed E-state index contributed by atoms with van der Waals surface area (Å²) in [5, 5.41) is 5.56. The van der Waals surface area contributed by atoms with E-state index in [-0.39, 0.29) is 24.2 Å². The molecule has 27 heavy (non-hydrogen) atoms. The Bertz CT molecular complexity index is 648. The summed E-state index contributed by atoms with van der Waals surface area (Å²) < 4.78 is 24.6. The highest BCUT2D eigenvalue weighted by molar-refractivity contribution is 7.92. The predicted octanol–water partition coefficient (Wildman–Crippen LogP) is 2.21. The van der Waals surface area contributed by atoms with Gasteiger partial charge >= 0.3 is 6.03 Å². The molecule has 1 atom stereocenters. The van der Waals surface area contributed by atoms with E-state index in [1.54, 1.807) is 25.7 Å². The van der Waals surface area contributed by atoms with E-state index >= 15 is 0 Å². The summed E-state index contributed by atoms with van der Waals surface area (Å²) in [6.07, 6.45) is 6.11. The van der Waals surface area contributed by atoms with E-state index in [0.29, 0.717) is 12.8 Å². The molecule has 0 aromatic carbocycles. The average Bonchev–Trinajstić information content (AvgIpc) is 2.98. The molecular formula is C19H35N3O4S. The molecule has 1 aliphatic carbocycles. The first-order chi connectivity index (χ1) is 12.5. The zero-order valence-electron chi connectivity index (χ0n) is 17.1. The van der Waals surface area contributed by atoms with Gasteiger partial charge in [-0.2, -0.15) is 0 Å². The fourth-order valence-corrected chi connectivity index (χ4v) is 5.48. The molecule has 3 amide bonds. The lowest BCUT2D eigenvalue weighted by molar-refractivity contribution is -0.130. The van der Waals surface area contributed by atoms with Gasteiger partial charge in [0.05, 0.1) is 22.6 Å². The van der Waals surface area contributed by atoms with Crippen LogP contribution >= 0.6 is 0 Å². The van der Waals surface area contributed by atoms with Gasteiger partial charge in [-0.05, 0) is 53.4 Å². The predicted molar refractivity (Wildman–Crippen MR) is 106 cm³/mol. The Kier molecular flexibility index (Phi) is 6.81. The number of sulfone groups is 1. The Morgan fingerprint density at radius 2 is 1.74 bits per heavy atom. The van der Waals surface area contributed by atoms with Crippen LogP contribution in [0.5, 0.6) is 0 Å². The number of nitrogens with one attached hydrogen (secondary N) is 2. The topological polar surface area (TPSA) is 95.6 Å². The molecule has 0 aromatic rings. The van der Waals surface area contributed by atoms with Crippen LogP contribution in [-0.2, 0) is 14.6 Å². The molecular weight excluding hydrogens is 366 g/mol. The van der Waals surface area contributed by atoms with Crippen LogP contribution in [0.25, 0.3) is 0 Å². The van der Waals surface area contributed by atoms with Crippen molar-refractivity contribution in [3.63, 3.8) is 0 Å². The minimum absolute atomic E-state index is 0.0573. The van der Waals surface area contributed by atoms with Crippen molar-refractivity contribution in [1.29, 1.82) is 0 Å². The van der Waals surface area contributed by atoms with Gasteiger partial charge in [0.2, 0.25) is 5.91 Å². The van der Waals surface area contributed by atoms with Crippen LogP contribution in [0.3, 0.4) is 0 Å². The van der Waals surface area contributed by atoms with E-state index < -0.39 is 26.2 Å². The van der Waals surface area contributed by atoms with Gasteiger partial charge < -0.3 is 15.5 Å². The fraction of sp³-hybridized carbons (Fsp3) is 0.895. The van der Waals surface area contributed by atoms with Crippen molar-refractivity contribution in [3.05, 3.63) is 0 Å². The van der Waals surface area contributed by atoms with Crippen molar-refractivity contribution in [3.8, 4) is 0 Å². The lowest BCUT2D eigenvalue weighted by atomic mass is 9.83. The Balaban J connectivity index is 1.99. The first kappa shape index (κ1) is 22.0. The van der Waals surface area contributed by atoms with Crippen LogP contribution in [0, 0.1) is 0 Å². The van der Waals surface area contributed by atoms with E-state index in [4.69, 9.17) is 0 Å². The third kappa shape index (κ3) is 5.59. The number of carbonyl (C=O) groups is 2. The molecule has 156 valence electrons. The van der Waals surface area contributed by atoms with Crippen LogP contribution in [0.15, 0.2) is 0 Å². The second-order valence-corrected chi connectivity index (χ2v) is 11.8. The summed E-state index contributed by atoms with van der Waals surface area (Å²) in [6.45, 7) is 7.76. The molecule has 1 aliphatic heterocycles. The SMILES string of the molecule is C[C@@H]1CCCN1C(=O)CNC(=O)NC1(CS(=O)(=O)C(C)(C)C)CCCCC1. The molecule has 0 unspecified atom stereocenters. The number of hydrogen-bond donors (Lipinski definition) is 2. The molecule has 0 radical (unpaired) electrons. The van der Waals surface area contributed by atoms with Gasteiger partial charge in [0.15, 0.2) is 9.84 Å². The number of nitrogens with zero attached hydrogens (tertiary/aromatic N) is 1. The minimum Gasteiger partial charge on any atom is -0.338 e. The average molecular weight is 402 g/mol. The Labute approximate surface area is 163 Å². The van der Waals surface area contributed by atoms with Crippen LogP contribution in [0.2, 0.25) is 0 Å². The second kappa shape index (κ2) is 8.37. The third-order valence-electron chi connectivity index (χ3n) is 5.86. The number of hydrogen-bond acceptors (Lipinski definition) is 4. The molecule has 2 N–H and O–H groups in total. The quantitative estimate of drug-likeness (QED) is 0.738. The number of amides is 3. The van der Waals surface area contributed by atoms with Crippen LogP contribution < -0.4 is 10.6 Å². The van der Waals surface area contributed by atoms with E-state index in [1.165, 1.54) is 0 Å². The van der Waals surface area contributed by atoms with Crippen molar-refractivity contribution in [2.75, 3.05) is 18.8 Å². The first-order valence-corrected chi connectivity index (χ1v) is 11.7. The number of likely N-dealkylation sites (tertiary alicyclic amines) is 1. The van der Waals surface area contributed by atoms with Crippen molar-refractivity contribution in [1.82, 2.24) is 15.5 Å². The maximum absolute atomic E-state index is 12.8. The second-order valence-electron chi connectivity index (χ2n) is 9.10. The maximum atomic E-state index is 12.8. The van der Waals surface area contributed by atoms with Crippen molar-refractivity contribution in [2.45, 2.75) is 89.0 Å². The molecule has 1 saturated heterocycles. The fourth-order valence-electron chi connectivity index (χ4n) is 3.96. The normalized spacial score (nSPS) is 23.1. The van der Waals surface area contributed by atoms with E-state index in [2.05, 4.69) is 10.6 Å². The first-order valence-electron chi connectivity index (χ1n) is 10.0. The largest absolute Gasteiger partial charge is 0.338 e. The molecule has 1 heterocycles. The van der Waals surface area contributed by atoms with Crippen molar-refractivity contribution >= 4 is 21.8 Å². The van der Waals surface area contributed by atoms with Crippen LogP contribution in [-0.4, -0.2) is 60.4 Å². The van der Waals surface area contributed by atoms with E-state index in [1.807, 2.05) is 6.92 Å². The van der Waals surface area contributed by atoms with Crippen LogP contribution in [0.4, 0.5) is 4.79 Å². The summed E-state index contributed by atoms with van der Waals surface area (Å²) in [4.78, 5) is 26.5. The lowest BCUT2D eigenvalue weighted by Gasteiger charge is -2.39. The van der Waals surface area contributed by atoms with Gasteiger partial charge in [-0.3, -0.25) is 4.79 Å². The van der Waals surface area contributed by atoms with Crippen molar-refractivity contribution < 1.29 is 18.0 Å². The smallest absolute Gasteiger partial charge is 0.315 e. The summed E-state index contributed by atoms with van der Waals surface area (Å²) in [7, 11) is -3.37. The minimum atomic E-state index is -3.37.